The molecule has 12 heteroatoms. The fourth-order valence-electron chi connectivity index (χ4n) is 3.73. The van der Waals surface area contributed by atoms with Gasteiger partial charge in [-0.05, 0) is 43.3 Å². The van der Waals surface area contributed by atoms with Crippen LogP contribution in [0.3, 0.4) is 0 Å². The Balaban J connectivity index is 1.40. The number of thiazole rings is 1. The monoisotopic (exact) mass is 530 g/mol. The molecule has 2 amide bonds. The number of amides is 2. The van der Waals surface area contributed by atoms with Crippen molar-refractivity contribution in [2.75, 3.05) is 45.2 Å². The fourth-order valence-corrected chi connectivity index (χ4v) is 5.86. The lowest BCUT2D eigenvalue weighted by Gasteiger charge is -2.33. The van der Waals surface area contributed by atoms with E-state index in [4.69, 9.17) is 9.47 Å². The van der Waals surface area contributed by atoms with Gasteiger partial charge in [0.1, 0.15) is 5.75 Å². The summed E-state index contributed by atoms with van der Waals surface area (Å²) in [4.78, 5) is 30.6. The van der Waals surface area contributed by atoms with Gasteiger partial charge in [-0.3, -0.25) is 10.1 Å². The normalized spacial score (nSPS) is 14.3. The van der Waals surface area contributed by atoms with Crippen LogP contribution in [0.4, 0.5) is 9.93 Å². The Morgan fingerprint density at radius 3 is 2.42 bits per heavy atom. The van der Waals surface area contributed by atoms with Crippen LogP contribution < -0.4 is 10.1 Å². The van der Waals surface area contributed by atoms with E-state index in [1.165, 1.54) is 44.8 Å². The third-order valence-corrected chi connectivity index (χ3v) is 8.30. The van der Waals surface area contributed by atoms with Crippen LogP contribution in [0.2, 0.25) is 0 Å². The summed E-state index contributed by atoms with van der Waals surface area (Å²) in [6.45, 7) is 2.83. The highest BCUT2D eigenvalue weighted by Gasteiger charge is 2.30. The van der Waals surface area contributed by atoms with Gasteiger partial charge in [0, 0.05) is 42.7 Å². The van der Waals surface area contributed by atoms with Crippen LogP contribution in [-0.4, -0.2) is 74.5 Å². The molecule has 1 aliphatic rings. The van der Waals surface area contributed by atoms with Gasteiger partial charge in [0.2, 0.25) is 10.0 Å². The van der Waals surface area contributed by atoms with E-state index in [2.05, 4.69) is 10.3 Å². The molecule has 36 heavy (non-hydrogen) atoms. The van der Waals surface area contributed by atoms with Gasteiger partial charge >= 0.3 is 6.09 Å². The summed E-state index contributed by atoms with van der Waals surface area (Å²) in [6, 6.07) is 13.2. The van der Waals surface area contributed by atoms with Gasteiger partial charge < -0.3 is 14.4 Å². The number of ether oxygens (including phenoxy) is 2. The molecule has 1 N–H and O–H groups in total. The van der Waals surface area contributed by atoms with Gasteiger partial charge in [-0.1, -0.05) is 12.1 Å². The van der Waals surface area contributed by atoms with Crippen molar-refractivity contribution in [2.45, 2.75) is 11.8 Å². The molecule has 1 fully saturated rings. The van der Waals surface area contributed by atoms with Crippen LogP contribution in [0.1, 0.15) is 17.3 Å². The second-order valence-corrected chi connectivity index (χ2v) is 10.6. The number of hydrogen-bond acceptors (Lipinski definition) is 8. The number of nitrogens with zero attached hydrogens (tertiary/aromatic N) is 3. The summed E-state index contributed by atoms with van der Waals surface area (Å²) >= 11 is 1.28. The third-order valence-electron chi connectivity index (χ3n) is 5.63. The highest BCUT2D eigenvalue weighted by molar-refractivity contribution is 7.89. The molecule has 1 aliphatic heterocycles. The molecule has 0 spiro atoms. The van der Waals surface area contributed by atoms with E-state index in [0.29, 0.717) is 22.1 Å². The fraction of sp³-hybridized carbons (Fsp3) is 0.292. The average Bonchev–Trinajstić information content (AvgIpc) is 3.37. The number of anilines is 1. The molecular formula is C24H26N4O6S2. The maximum Gasteiger partial charge on any atom is 0.409 e. The molecule has 4 rings (SSSR count). The number of sulfonamides is 1. The van der Waals surface area contributed by atoms with E-state index in [1.54, 1.807) is 14.0 Å². The number of aromatic nitrogens is 1. The Morgan fingerprint density at radius 2 is 1.75 bits per heavy atom. The lowest BCUT2D eigenvalue weighted by Crippen LogP contribution is -2.50. The van der Waals surface area contributed by atoms with Crippen LogP contribution in [0, 0.1) is 0 Å². The molecule has 1 saturated heterocycles. The summed E-state index contributed by atoms with van der Waals surface area (Å²) < 4.78 is 37.7. The number of rotatable bonds is 7. The van der Waals surface area contributed by atoms with Crippen LogP contribution in [0.25, 0.3) is 11.3 Å². The molecule has 0 unspecified atom stereocenters. The molecule has 0 bridgehead atoms. The lowest BCUT2D eigenvalue weighted by atomic mass is 10.1. The first-order chi connectivity index (χ1) is 17.3. The number of carbonyl (C=O) groups excluding carboxylic acids is 2. The number of methoxy groups -OCH3 is 1. The minimum Gasteiger partial charge on any atom is -0.496 e. The van der Waals surface area contributed by atoms with Crippen LogP contribution >= 0.6 is 11.3 Å². The average molecular weight is 531 g/mol. The van der Waals surface area contributed by atoms with Crippen LogP contribution in [-0.2, 0) is 14.8 Å². The number of hydrogen-bond donors (Lipinski definition) is 1. The number of carbonyl (C=O) groups is 2. The van der Waals surface area contributed by atoms with Crippen LogP contribution in [0.15, 0.2) is 58.8 Å². The molecular weight excluding hydrogens is 504 g/mol. The molecule has 1 aromatic heterocycles. The minimum absolute atomic E-state index is 0.0799. The van der Waals surface area contributed by atoms with Crippen molar-refractivity contribution in [1.82, 2.24) is 14.2 Å². The SMILES string of the molecule is CCOC(=O)N1CCN(S(=O)(=O)c2ccc(C(=O)Nc3nc(-c4ccccc4OC)cs3)cc2)CC1. The molecule has 0 aliphatic carbocycles. The van der Waals surface area contributed by atoms with Crippen molar-refractivity contribution in [2.24, 2.45) is 0 Å². The standard InChI is InChI=1S/C24H26N4O6S2/c1-3-34-24(30)27-12-14-28(15-13-27)36(31,32)18-10-8-17(9-11-18)22(29)26-23-25-20(16-35-23)19-6-4-5-7-21(19)33-2/h4-11,16H,3,12-15H2,1-2H3,(H,25,26,29). The lowest BCUT2D eigenvalue weighted by molar-refractivity contribution is 0.0933. The summed E-state index contributed by atoms with van der Waals surface area (Å²) in [7, 11) is -2.17. The molecule has 0 atom stereocenters. The van der Waals surface area contributed by atoms with Gasteiger partial charge in [-0.15, -0.1) is 11.3 Å². The summed E-state index contributed by atoms with van der Waals surface area (Å²) in [5, 5.41) is 4.99. The van der Waals surface area contributed by atoms with Gasteiger partial charge in [0.05, 0.1) is 24.3 Å². The predicted octanol–water partition coefficient (Wildman–Crippen LogP) is 3.53. The first kappa shape index (κ1) is 25.6. The highest BCUT2D eigenvalue weighted by atomic mass is 32.2. The van der Waals surface area contributed by atoms with Crippen molar-refractivity contribution < 1.29 is 27.5 Å². The van der Waals surface area contributed by atoms with Crippen molar-refractivity contribution in [3.05, 3.63) is 59.5 Å². The molecule has 10 nitrogen and oxygen atoms in total. The summed E-state index contributed by atoms with van der Waals surface area (Å²) in [6.07, 6.45) is -0.444. The smallest absolute Gasteiger partial charge is 0.409 e. The number of benzene rings is 2. The zero-order chi connectivity index (χ0) is 25.7. The molecule has 3 aromatic rings. The van der Waals surface area contributed by atoms with E-state index in [-0.39, 0.29) is 37.7 Å². The van der Waals surface area contributed by atoms with E-state index in [0.717, 1.165) is 5.56 Å². The number of piperazine rings is 1. The minimum atomic E-state index is -3.76. The van der Waals surface area contributed by atoms with Crippen LogP contribution in [0.5, 0.6) is 5.75 Å². The van der Waals surface area contributed by atoms with Gasteiger partial charge in [0.25, 0.3) is 5.91 Å². The quantitative estimate of drug-likeness (QED) is 0.496. The molecule has 2 heterocycles. The van der Waals surface area contributed by atoms with E-state index >= 15 is 0 Å². The summed E-state index contributed by atoms with van der Waals surface area (Å²) in [5.41, 5.74) is 1.79. The van der Waals surface area contributed by atoms with Crippen molar-refractivity contribution in [1.29, 1.82) is 0 Å². The van der Waals surface area contributed by atoms with Gasteiger partial charge in [-0.2, -0.15) is 4.31 Å². The predicted molar refractivity (Wildman–Crippen MR) is 136 cm³/mol. The zero-order valence-corrected chi connectivity index (χ0v) is 21.5. The topological polar surface area (TPSA) is 118 Å². The second kappa shape index (κ2) is 11.1. The number of nitrogens with one attached hydrogen (secondary N) is 1. The summed E-state index contributed by atoms with van der Waals surface area (Å²) in [5.74, 6) is 0.280. The van der Waals surface area contributed by atoms with Crippen molar-refractivity contribution in [3.8, 4) is 17.0 Å². The first-order valence-electron chi connectivity index (χ1n) is 11.3. The maximum atomic E-state index is 13.0. The Kier molecular flexibility index (Phi) is 7.87. The molecule has 190 valence electrons. The Labute approximate surface area is 213 Å². The maximum absolute atomic E-state index is 13.0. The Hall–Kier alpha value is -3.48. The molecule has 0 radical (unpaired) electrons. The molecule has 0 saturated carbocycles. The van der Waals surface area contributed by atoms with E-state index in [9.17, 15) is 18.0 Å². The first-order valence-corrected chi connectivity index (χ1v) is 13.6. The van der Waals surface area contributed by atoms with Crippen molar-refractivity contribution >= 4 is 38.5 Å². The van der Waals surface area contributed by atoms with E-state index < -0.39 is 22.0 Å². The van der Waals surface area contributed by atoms with E-state index in [1.807, 2.05) is 29.6 Å². The Bertz CT molecular complexity index is 1330. The zero-order valence-electron chi connectivity index (χ0n) is 19.8. The number of para-hydroxylation sites is 1. The highest BCUT2D eigenvalue weighted by Crippen LogP contribution is 2.32. The largest absolute Gasteiger partial charge is 0.496 e. The molecule has 2 aromatic carbocycles. The van der Waals surface area contributed by atoms with Crippen molar-refractivity contribution in [3.63, 3.8) is 0 Å². The third kappa shape index (κ3) is 5.50. The van der Waals surface area contributed by atoms with Gasteiger partial charge in [-0.25, -0.2) is 18.2 Å². The van der Waals surface area contributed by atoms with Gasteiger partial charge in [0.15, 0.2) is 5.13 Å². The Morgan fingerprint density at radius 1 is 1.06 bits per heavy atom. The second-order valence-electron chi connectivity index (χ2n) is 7.81.